The number of fused-ring (bicyclic) bond motifs is 2. The third kappa shape index (κ3) is 4.02. The number of hydrogen-bond donors (Lipinski definition) is 0. The van der Waals surface area contributed by atoms with Gasteiger partial charge in [-0.2, -0.15) is 0 Å². The van der Waals surface area contributed by atoms with Crippen molar-refractivity contribution in [1.29, 1.82) is 0 Å². The average Bonchev–Trinajstić information content (AvgIpc) is 3.56. The topological polar surface area (TPSA) is 113 Å². The second-order valence-corrected chi connectivity index (χ2v) is 8.80. The van der Waals surface area contributed by atoms with E-state index in [0.29, 0.717) is 54.6 Å². The fourth-order valence-corrected chi connectivity index (χ4v) is 5.00. The molecule has 2 aliphatic heterocycles. The highest BCUT2D eigenvalue weighted by molar-refractivity contribution is 5.91. The number of aromatic nitrogens is 2. The maximum absolute atomic E-state index is 13.6. The Morgan fingerprint density at radius 1 is 1.08 bits per heavy atom. The summed E-state index contributed by atoms with van der Waals surface area (Å²) in [6.45, 7) is 1.58. The minimum absolute atomic E-state index is 0.0413. The van der Waals surface area contributed by atoms with Crippen molar-refractivity contribution in [3.05, 3.63) is 76.1 Å². The van der Waals surface area contributed by atoms with Gasteiger partial charge in [0.2, 0.25) is 12.3 Å². The van der Waals surface area contributed by atoms with E-state index in [4.69, 9.17) is 18.8 Å². The summed E-state index contributed by atoms with van der Waals surface area (Å²) in [6, 6.07) is 15.2. The van der Waals surface area contributed by atoms with Crippen molar-refractivity contribution in [3.8, 4) is 17.2 Å². The van der Waals surface area contributed by atoms with E-state index in [0.717, 1.165) is 5.56 Å². The normalized spacial score (nSPS) is 19.0. The minimum atomic E-state index is -0.452. The van der Waals surface area contributed by atoms with E-state index in [1.54, 1.807) is 36.4 Å². The molecule has 184 valence electrons. The summed E-state index contributed by atoms with van der Waals surface area (Å²) in [5.41, 5.74) is 1.76. The van der Waals surface area contributed by atoms with Gasteiger partial charge in [-0.05, 0) is 64.6 Å². The predicted molar refractivity (Wildman–Crippen MR) is 126 cm³/mol. The highest BCUT2D eigenvalue weighted by Gasteiger charge is 2.35. The highest BCUT2D eigenvalue weighted by atomic mass is 19.1. The van der Waals surface area contributed by atoms with Gasteiger partial charge >= 0.3 is 5.69 Å². The van der Waals surface area contributed by atoms with E-state index in [1.807, 2.05) is 11.0 Å². The maximum Gasteiger partial charge on any atom is 0.323 e. The Balaban J connectivity index is 1.29. The van der Waals surface area contributed by atoms with Crippen molar-refractivity contribution in [2.45, 2.75) is 12.3 Å². The first kappa shape index (κ1) is 22.1. The molecule has 36 heavy (non-hydrogen) atoms. The van der Waals surface area contributed by atoms with Crippen LogP contribution in [0.5, 0.6) is 17.2 Å². The summed E-state index contributed by atoms with van der Waals surface area (Å²) in [7, 11) is 0. The lowest BCUT2D eigenvalue weighted by molar-refractivity contribution is -0.382. The minimum Gasteiger partial charge on any atom is -0.493 e. The molecule has 3 heterocycles. The number of benzene rings is 3. The largest absolute Gasteiger partial charge is 0.493 e. The van der Waals surface area contributed by atoms with Crippen molar-refractivity contribution >= 4 is 22.4 Å². The molecule has 3 aromatic carbocycles. The van der Waals surface area contributed by atoms with Gasteiger partial charge in [-0.3, -0.25) is 10.1 Å². The smallest absolute Gasteiger partial charge is 0.323 e. The molecule has 0 aliphatic carbocycles. The summed E-state index contributed by atoms with van der Waals surface area (Å²) in [5.74, 6) is 1.66. The zero-order chi connectivity index (χ0) is 24.6. The molecular formula is C25H21FN4O6. The number of nitro benzene ring substituents is 1. The van der Waals surface area contributed by atoms with Crippen LogP contribution >= 0.6 is 0 Å². The van der Waals surface area contributed by atoms with E-state index < -0.39 is 4.92 Å². The van der Waals surface area contributed by atoms with Crippen LogP contribution in [0.2, 0.25) is 0 Å². The molecule has 0 amide bonds. The Kier molecular flexibility index (Phi) is 5.51. The predicted octanol–water partition coefficient (Wildman–Crippen LogP) is 4.69. The molecule has 0 N–H and O–H groups in total. The van der Waals surface area contributed by atoms with Gasteiger partial charge in [-0.15, -0.1) is 0 Å². The van der Waals surface area contributed by atoms with Gasteiger partial charge in [0.25, 0.3) is 0 Å². The first-order chi connectivity index (χ1) is 17.6. The van der Waals surface area contributed by atoms with Gasteiger partial charge in [0.1, 0.15) is 22.8 Å². The summed E-state index contributed by atoms with van der Waals surface area (Å²) in [5, 5.41) is 19.5. The molecule has 11 heteroatoms. The Bertz CT molecular complexity index is 1430. The molecular weight excluding hydrogens is 471 g/mol. The van der Waals surface area contributed by atoms with Crippen LogP contribution in [0.4, 0.5) is 15.8 Å². The zero-order valence-corrected chi connectivity index (χ0v) is 19.0. The number of ether oxygens (including phenoxy) is 3. The van der Waals surface area contributed by atoms with Gasteiger partial charge < -0.3 is 19.1 Å². The van der Waals surface area contributed by atoms with E-state index in [1.165, 1.54) is 12.1 Å². The van der Waals surface area contributed by atoms with Gasteiger partial charge in [-0.1, -0.05) is 12.1 Å². The molecule has 2 aliphatic rings. The number of anilines is 1. The van der Waals surface area contributed by atoms with Gasteiger partial charge in [0.15, 0.2) is 11.5 Å². The Morgan fingerprint density at radius 2 is 1.92 bits per heavy atom. The second kappa shape index (κ2) is 8.99. The molecule has 0 spiro atoms. The van der Waals surface area contributed by atoms with Crippen LogP contribution < -0.4 is 19.1 Å². The molecule has 2 unspecified atom stereocenters. The monoisotopic (exact) mass is 492 g/mol. The van der Waals surface area contributed by atoms with Crippen LogP contribution in [0.3, 0.4) is 0 Å². The maximum atomic E-state index is 13.6. The Morgan fingerprint density at radius 3 is 2.75 bits per heavy atom. The lowest BCUT2D eigenvalue weighted by Gasteiger charge is -2.39. The van der Waals surface area contributed by atoms with Gasteiger partial charge in [0, 0.05) is 25.1 Å². The molecule has 1 aromatic heterocycles. The number of piperidine rings is 1. The molecule has 6 rings (SSSR count). The van der Waals surface area contributed by atoms with Gasteiger partial charge in [-0.25, -0.2) is 9.02 Å². The van der Waals surface area contributed by atoms with E-state index in [2.05, 4.69) is 10.3 Å². The summed E-state index contributed by atoms with van der Waals surface area (Å²) in [4.78, 5) is 13.5. The quantitative estimate of drug-likeness (QED) is 0.279. The van der Waals surface area contributed by atoms with E-state index >= 15 is 0 Å². The molecule has 2 atom stereocenters. The number of halogens is 1. The van der Waals surface area contributed by atoms with Crippen LogP contribution in [0.25, 0.3) is 11.0 Å². The van der Waals surface area contributed by atoms with Crippen molar-refractivity contribution < 1.29 is 28.2 Å². The van der Waals surface area contributed by atoms with Crippen molar-refractivity contribution in [3.63, 3.8) is 0 Å². The van der Waals surface area contributed by atoms with Crippen LogP contribution in [0, 0.1) is 21.8 Å². The summed E-state index contributed by atoms with van der Waals surface area (Å²) < 4.78 is 35.3. The molecule has 0 saturated carbocycles. The van der Waals surface area contributed by atoms with Crippen LogP contribution in [0.15, 0.2) is 59.2 Å². The lowest BCUT2D eigenvalue weighted by Crippen LogP contribution is -2.42. The second-order valence-electron chi connectivity index (χ2n) is 8.80. The summed E-state index contributed by atoms with van der Waals surface area (Å²) in [6.07, 6.45) is 0.701. The van der Waals surface area contributed by atoms with Crippen molar-refractivity contribution in [2.75, 3.05) is 31.4 Å². The van der Waals surface area contributed by atoms with Crippen molar-refractivity contribution in [2.24, 2.45) is 5.92 Å². The number of rotatable bonds is 6. The van der Waals surface area contributed by atoms with E-state index in [9.17, 15) is 14.5 Å². The van der Waals surface area contributed by atoms with Crippen LogP contribution in [-0.4, -0.2) is 41.7 Å². The standard InChI is InChI=1S/C25H21FN4O6/c26-17-3-1-15(2-4-17)19-9-10-29(21-7-6-20-24(28-36-27-20)25(21)30(31)32)12-16(19)13-33-18-5-8-22-23(11-18)35-14-34-22/h1-8,11,16,19H,9-10,12-14H2. The van der Waals surface area contributed by atoms with Crippen LogP contribution in [-0.2, 0) is 0 Å². The fraction of sp³-hybridized carbons (Fsp3) is 0.280. The number of nitrogens with zero attached hydrogens (tertiary/aromatic N) is 4. The first-order valence-corrected chi connectivity index (χ1v) is 11.5. The Hall–Kier alpha value is -4.41. The molecule has 1 saturated heterocycles. The third-order valence-electron chi connectivity index (χ3n) is 6.74. The molecule has 10 nitrogen and oxygen atoms in total. The number of hydrogen-bond acceptors (Lipinski definition) is 9. The molecule has 0 bridgehead atoms. The number of nitro groups is 1. The highest BCUT2D eigenvalue weighted by Crippen LogP contribution is 2.41. The summed E-state index contributed by atoms with van der Waals surface area (Å²) >= 11 is 0. The fourth-order valence-electron chi connectivity index (χ4n) is 5.00. The molecule has 0 radical (unpaired) electrons. The van der Waals surface area contributed by atoms with Crippen LogP contribution in [0.1, 0.15) is 17.9 Å². The first-order valence-electron chi connectivity index (χ1n) is 11.5. The SMILES string of the molecule is O=[N+]([O-])c1c(N2CCC(c3ccc(F)cc3)C(COc3ccc4c(c3)OCO4)C2)ccc2nonc12. The average molecular weight is 492 g/mol. The molecule has 4 aromatic rings. The van der Waals surface area contributed by atoms with Gasteiger partial charge in [0.05, 0.1) is 11.5 Å². The van der Waals surface area contributed by atoms with Crippen molar-refractivity contribution in [1.82, 2.24) is 10.3 Å². The lowest BCUT2D eigenvalue weighted by atomic mass is 9.80. The zero-order valence-electron chi connectivity index (χ0n) is 19.0. The Labute approximate surface area is 204 Å². The van der Waals surface area contributed by atoms with E-state index in [-0.39, 0.29) is 35.7 Å². The third-order valence-corrected chi connectivity index (χ3v) is 6.74. The molecule has 1 fully saturated rings.